The second-order valence-electron chi connectivity index (χ2n) is 14.3. The third-order valence-corrected chi connectivity index (χ3v) is 9.49. The predicted molar refractivity (Wildman–Crippen MR) is 225 cm³/mol. The van der Waals surface area contributed by atoms with Crippen LogP contribution in [0.3, 0.4) is 0 Å². The minimum atomic E-state index is -4.77. The zero-order valence-electron chi connectivity index (χ0n) is 34.4. The summed E-state index contributed by atoms with van der Waals surface area (Å²) in [5.74, 6) is -0.961. The lowest BCUT2D eigenvalue weighted by Gasteiger charge is -2.18. The Bertz CT molecular complexity index is 1060. The van der Waals surface area contributed by atoms with Crippen molar-refractivity contribution >= 4 is 19.8 Å². The fraction of sp³-hybridized carbons (Fsp3) is 0.733. The monoisotopic (exact) mass is 779 g/mol. The van der Waals surface area contributed by atoms with Crippen LogP contribution in [0.15, 0.2) is 60.8 Å². The minimum Gasteiger partial charge on any atom is -0.462 e. The van der Waals surface area contributed by atoms with E-state index in [4.69, 9.17) is 19.3 Å². The molecule has 54 heavy (non-hydrogen) atoms. The number of carbonyl (C=O) groups is 2. The fourth-order valence-electron chi connectivity index (χ4n) is 5.77. The fourth-order valence-corrected chi connectivity index (χ4v) is 6.13. The normalized spacial score (nSPS) is 13.0. The van der Waals surface area contributed by atoms with E-state index in [0.717, 1.165) is 51.4 Å². The van der Waals surface area contributed by atoms with Crippen molar-refractivity contribution in [3.05, 3.63) is 60.8 Å². The molecule has 2 N–H and O–H groups in total. The van der Waals surface area contributed by atoms with Gasteiger partial charge in [0.25, 0.3) is 0 Å². The van der Waals surface area contributed by atoms with Crippen molar-refractivity contribution in [2.45, 2.75) is 200 Å². The van der Waals surface area contributed by atoms with Gasteiger partial charge in [0, 0.05) is 12.8 Å². The van der Waals surface area contributed by atoms with Gasteiger partial charge in [-0.1, -0.05) is 164 Å². The van der Waals surface area contributed by atoms with Gasteiger partial charge in [-0.2, -0.15) is 0 Å². The van der Waals surface area contributed by atoms with Gasteiger partial charge in [0.05, 0.1) is 6.61 Å². The molecule has 0 amide bonds. The smallest absolute Gasteiger partial charge is 0.462 e. The summed E-state index contributed by atoms with van der Waals surface area (Å²) < 4.78 is 26.3. The number of hydrogen-bond donors (Lipinski definition) is 2. The van der Waals surface area contributed by atoms with Gasteiger partial charge in [-0.05, 0) is 77.0 Å². The second-order valence-corrected chi connectivity index (χ2v) is 15.5. The second kappa shape index (κ2) is 40.4. The van der Waals surface area contributed by atoms with E-state index >= 15 is 0 Å². The van der Waals surface area contributed by atoms with Crippen molar-refractivity contribution in [2.75, 3.05) is 13.2 Å². The predicted octanol–water partition coefficient (Wildman–Crippen LogP) is 13.3. The van der Waals surface area contributed by atoms with Crippen LogP contribution in [0.25, 0.3) is 0 Å². The molecule has 0 aromatic carbocycles. The van der Waals surface area contributed by atoms with Gasteiger partial charge in [-0.15, -0.1) is 0 Å². The Balaban J connectivity index is 4.04. The van der Waals surface area contributed by atoms with Gasteiger partial charge in [0.2, 0.25) is 0 Å². The number of rotatable bonds is 39. The Morgan fingerprint density at radius 3 is 1.31 bits per heavy atom. The van der Waals surface area contributed by atoms with Gasteiger partial charge in [-0.25, -0.2) is 4.57 Å². The highest BCUT2D eigenvalue weighted by Gasteiger charge is 2.22. The quantitative estimate of drug-likeness (QED) is 0.0274. The van der Waals surface area contributed by atoms with Crippen LogP contribution in [0.5, 0.6) is 0 Å². The first-order valence-electron chi connectivity index (χ1n) is 21.6. The van der Waals surface area contributed by atoms with Crippen LogP contribution < -0.4 is 0 Å². The molecule has 0 bridgehead atoms. The molecule has 0 aliphatic rings. The first-order chi connectivity index (χ1) is 26.3. The van der Waals surface area contributed by atoms with E-state index in [9.17, 15) is 14.2 Å². The molecule has 0 aliphatic heterocycles. The number of esters is 2. The maximum atomic E-state index is 12.4. The zero-order valence-corrected chi connectivity index (χ0v) is 35.2. The summed E-state index contributed by atoms with van der Waals surface area (Å²) in [5, 5.41) is 0. The number of phosphoric ester groups is 1. The van der Waals surface area contributed by atoms with Crippen LogP contribution in [0.4, 0.5) is 0 Å². The minimum absolute atomic E-state index is 0.133. The summed E-state index contributed by atoms with van der Waals surface area (Å²) in [6, 6.07) is 0. The van der Waals surface area contributed by atoms with Crippen molar-refractivity contribution in [1.82, 2.24) is 0 Å². The zero-order chi connectivity index (χ0) is 39.6. The van der Waals surface area contributed by atoms with Crippen molar-refractivity contribution in [1.29, 1.82) is 0 Å². The van der Waals surface area contributed by atoms with Crippen molar-refractivity contribution in [2.24, 2.45) is 0 Å². The molecule has 0 saturated carbocycles. The topological polar surface area (TPSA) is 119 Å². The molecule has 0 unspecified atom stereocenters. The van der Waals surface area contributed by atoms with E-state index in [1.165, 1.54) is 96.3 Å². The lowest BCUT2D eigenvalue weighted by atomic mass is 10.1. The Kier molecular flexibility index (Phi) is 38.7. The molecule has 0 spiro atoms. The summed E-state index contributed by atoms with van der Waals surface area (Å²) in [6.07, 6.45) is 50.9. The molecule has 0 saturated heterocycles. The van der Waals surface area contributed by atoms with Crippen LogP contribution in [-0.2, 0) is 28.2 Å². The van der Waals surface area contributed by atoms with Crippen LogP contribution in [0.1, 0.15) is 194 Å². The molecule has 0 fully saturated rings. The molecule has 0 rings (SSSR count). The van der Waals surface area contributed by atoms with Crippen LogP contribution in [0.2, 0.25) is 0 Å². The standard InChI is InChI=1S/C45H79O8P/c1-3-5-7-9-11-13-15-17-19-20-21-22-23-24-26-28-30-32-34-36-38-40-45(47)53-43(42-52-54(48,49)50)41-51-44(46)39-37-35-33-31-29-27-25-18-16-14-12-10-8-6-4-2/h18-20,22-23,25-26,28,32,34,43H,3-17,21,24,27,29-31,33,35-42H2,1-2H3,(H2,48,49,50)/b20-19+,23-22+,25-18+,28-26+,34-32+/t43-/m1/s1. The Hall–Kier alpha value is -2.25. The number of carbonyl (C=O) groups excluding carboxylic acids is 2. The molecule has 0 radical (unpaired) electrons. The highest BCUT2D eigenvalue weighted by Crippen LogP contribution is 2.36. The molecule has 9 heteroatoms. The largest absolute Gasteiger partial charge is 0.469 e. The number of unbranched alkanes of at least 4 members (excludes halogenated alkanes) is 19. The SMILES string of the molecule is CCCCCCCC/C=C/CCCCCCCC(=O)OC[C@H](COP(=O)(O)O)OC(=O)CCC/C=C/C/C=C/C/C=C/C/C=C/CCCCCCCCC. The Labute approximate surface area is 330 Å². The molecule has 1 atom stereocenters. The number of hydrogen-bond acceptors (Lipinski definition) is 6. The third kappa shape index (κ3) is 42.5. The average Bonchev–Trinajstić information content (AvgIpc) is 3.14. The van der Waals surface area contributed by atoms with E-state index in [1.807, 2.05) is 6.08 Å². The van der Waals surface area contributed by atoms with Crippen molar-refractivity contribution in [3.63, 3.8) is 0 Å². The van der Waals surface area contributed by atoms with E-state index in [0.29, 0.717) is 19.3 Å². The van der Waals surface area contributed by atoms with Crippen molar-refractivity contribution < 1.29 is 37.9 Å². The molecule has 0 aromatic rings. The summed E-state index contributed by atoms with van der Waals surface area (Å²) >= 11 is 0. The van der Waals surface area contributed by atoms with Crippen LogP contribution >= 0.6 is 7.82 Å². The van der Waals surface area contributed by atoms with Gasteiger partial charge in [-0.3, -0.25) is 14.1 Å². The number of ether oxygens (including phenoxy) is 2. The molecule has 0 heterocycles. The molecule has 8 nitrogen and oxygen atoms in total. The van der Waals surface area contributed by atoms with E-state index < -0.39 is 32.5 Å². The van der Waals surface area contributed by atoms with Gasteiger partial charge in [0.1, 0.15) is 6.61 Å². The molecular weight excluding hydrogens is 699 g/mol. The Morgan fingerprint density at radius 2 is 0.852 bits per heavy atom. The van der Waals surface area contributed by atoms with Crippen LogP contribution in [0, 0.1) is 0 Å². The maximum Gasteiger partial charge on any atom is 0.469 e. The first kappa shape index (κ1) is 51.8. The summed E-state index contributed by atoms with van der Waals surface area (Å²) in [6.45, 7) is 3.63. The molecule has 312 valence electrons. The van der Waals surface area contributed by atoms with E-state index in [-0.39, 0.29) is 19.4 Å². The summed E-state index contributed by atoms with van der Waals surface area (Å²) in [5.41, 5.74) is 0. The number of phosphoric acid groups is 1. The third-order valence-electron chi connectivity index (χ3n) is 9.01. The average molecular weight is 779 g/mol. The van der Waals surface area contributed by atoms with Gasteiger partial charge < -0.3 is 19.3 Å². The maximum absolute atomic E-state index is 12.4. The van der Waals surface area contributed by atoms with E-state index in [1.54, 1.807) is 0 Å². The molecule has 0 aliphatic carbocycles. The first-order valence-corrected chi connectivity index (χ1v) is 23.1. The van der Waals surface area contributed by atoms with E-state index in [2.05, 4.69) is 73.1 Å². The molecular formula is C45H79O8P. The lowest BCUT2D eigenvalue weighted by molar-refractivity contribution is -0.161. The van der Waals surface area contributed by atoms with Gasteiger partial charge in [0.15, 0.2) is 6.10 Å². The lowest BCUT2D eigenvalue weighted by Crippen LogP contribution is -2.29. The molecule has 0 aromatic heterocycles. The van der Waals surface area contributed by atoms with Crippen molar-refractivity contribution in [3.8, 4) is 0 Å². The highest BCUT2D eigenvalue weighted by molar-refractivity contribution is 7.46. The highest BCUT2D eigenvalue weighted by atomic mass is 31.2. The van der Waals surface area contributed by atoms with Gasteiger partial charge >= 0.3 is 19.8 Å². The summed E-state index contributed by atoms with van der Waals surface area (Å²) in [4.78, 5) is 42.8. The number of allylic oxidation sites excluding steroid dienone is 10. The summed E-state index contributed by atoms with van der Waals surface area (Å²) in [7, 11) is -4.77. The van der Waals surface area contributed by atoms with Crippen LogP contribution in [-0.4, -0.2) is 41.0 Å². The Morgan fingerprint density at radius 1 is 0.481 bits per heavy atom.